The van der Waals surface area contributed by atoms with Crippen LogP contribution in [0.25, 0.3) is 6.08 Å². The minimum Gasteiger partial charge on any atom is -0.478 e. The van der Waals surface area contributed by atoms with Gasteiger partial charge in [0.25, 0.3) is 0 Å². The summed E-state index contributed by atoms with van der Waals surface area (Å²) in [5.41, 5.74) is 2.17. The fourth-order valence-corrected chi connectivity index (χ4v) is 1.76. The normalized spacial score (nSPS) is 10.3. The highest BCUT2D eigenvalue weighted by Crippen LogP contribution is 2.26. The Kier molecular flexibility index (Phi) is 4.37. The predicted octanol–water partition coefficient (Wildman–Crippen LogP) is 3.76. The summed E-state index contributed by atoms with van der Waals surface area (Å²) >= 11 is 0. The van der Waals surface area contributed by atoms with Crippen molar-refractivity contribution in [2.45, 2.75) is 6.92 Å². The van der Waals surface area contributed by atoms with Gasteiger partial charge in [0.05, 0.1) is 11.6 Å². The minimum absolute atomic E-state index is 0.525. The zero-order chi connectivity index (χ0) is 15.2. The van der Waals surface area contributed by atoms with Gasteiger partial charge in [-0.05, 0) is 48.4 Å². The lowest BCUT2D eigenvalue weighted by Crippen LogP contribution is -1.90. The molecule has 0 aromatic heterocycles. The van der Waals surface area contributed by atoms with Crippen molar-refractivity contribution in [1.29, 1.82) is 5.26 Å². The number of nitrogens with zero attached hydrogens (tertiary/aromatic N) is 1. The van der Waals surface area contributed by atoms with Crippen LogP contribution >= 0.6 is 0 Å². The molecule has 0 bridgehead atoms. The molecule has 0 aliphatic rings. The fourth-order valence-electron chi connectivity index (χ4n) is 1.76. The highest BCUT2D eigenvalue weighted by Gasteiger charge is 2.03. The molecule has 0 atom stereocenters. The number of ether oxygens (including phenoxy) is 1. The summed E-state index contributed by atoms with van der Waals surface area (Å²) in [7, 11) is 0. The van der Waals surface area contributed by atoms with Crippen molar-refractivity contribution >= 4 is 12.0 Å². The molecule has 2 rings (SSSR count). The van der Waals surface area contributed by atoms with Crippen molar-refractivity contribution in [2.75, 3.05) is 0 Å². The molecule has 0 heterocycles. The Morgan fingerprint density at radius 2 is 2.10 bits per heavy atom. The molecule has 0 amide bonds. The van der Waals surface area contributed by atoms with Crippen molar-refractivity contribution in [3.63, 3.8) is 0 Å². The number of aliphatic carboxylic acids is 1. The molecular formula is C17H13NO3. The van der Waals surface area contributed by atoms with Gasteiger partial charge in [-0.3, -0.25) is 0 Å². The summed E-state index contributed by atoms with van der Waals surface area (Å²) in [5, 5.41) is 17.5. The van der Waals surface area contributed by atoms with Crippen LogP contribution in [0.5, 0.6) is 11.5 Å². The van der Waals surface area contributed by atoms with Gasteiger partial charge in [-0.25, -0.2) is 4.79 Å². The number of hydrogen-bond acceptors (Lipinski definition) is 3. The number of benzene rings is 2. The lowest BCUT2D eigenvalue weighted by Gasteiger charge is -2.09. The molecule has 2 aromatic rings. The van der Waals surface area contributed by atoms with E-state index >= 15 is 0 Å². The molecule has 4 heteroatoms. The van der Waals surface area contributed by atoms with E-state index in [0.717, 1.165) is 17.2 Å². The number of aryl methyl sites for hydroxylation is 1. The third kappa shape index (κ3) is 3.95. The second-order valence-corrected chi connectivity index (χ2v) is 4.44. The van der Waals surface area contributed by atoms with Gasteiger partial charge >= 0.3 is 5.97 Å². The van der Waals surface area contributed by atoms with E-state index in [1.165, 1.54) is 6.08 Å². The van der Waals surface area contributed by atoms with E-state index in [2.05, 4.69) is 6.07 Å². The summed E-state index contributed by atoms with van der Waals surface area (Å²) < 4.78 is 5.77. The first-order chi connectivity index (χ1) is 10.1. The van der Waals surface area contributed by atoms with Gasteiger partial charge in [0.15, 0.2) is 0 Å². The Labute approximate surface area is 122 Å². The molecule has 0 saturated carbocycles. The van der Waals surface area contributed by atoms with Gasteiger partial charge in [0, 0.05) is 6.08 Å². The van der Waals surface area contributed by atoms with Crippen LogP contribution in [0.3, 0.4) is 0 Å². The van der Waals surface area contributed by atoms with E-state index in [0.29, 0.717) is 17.1 Å². The van der Waals surface area contributed by atoms with Crippen molar-refractivity contribution in [1.82, 2.24) is 0 Å². The van der Waals surface area contributed by atoms with Crippen LogP contribution < -0.4 is 4.74 Å². The van der Waals surface area contributed by atoms with Gasteiger partial charge in [-0.15, -0.1) is 0 Å². The van der Waals surface area contributed by atoms with E-state index in [-0.39, 0.29) is 0 Å². The van der Waals surface area contributed by atoms with Gasteiger partial charge in [0.2, 0.25) is 0 Å². The summed E-state index contributed by atoms with van der Waals surface area (Å²) in [4.78, 5) is 10.5. The zero-order valence-corrected chi connectivity index (χ0v) is 11.4. The van der Waals surface area contributed by atoms with Crippen LogP contribution in [-0.2, 0) is 4.79 Å². The number of nitriles is 1. The van der Waals surface area contributed by atoms with E-state index in [1.807, 2.05) is 13.0 Å². The quantitative estimate of drug-likeness (QED) is 0.865. The first kappa shape index (κ1) is 14.4. The summed E-state index contributed by atoms with van der Waals surface area (Å²) in [6.07, 6.45) is 2.56. The zero-order valence-electron chi connectivity index (χ0n) is 11.4. The Bertz CT molecular complexity index is 742. The Hall–Kier alpha value is -3.06. The van der Waals surface area contributed by atoms with Crippen LogP contribution in [-0.4, -0.2) is 11.1 Å². The van der Waals surface area contributed by atoms with Crippen LogP contribution in [0.2, 0.25) is 0 Å². The average Bonchev–Trinajstić information content (AvgIpc) is 2.48. The molecule has 0 radical (unpaired) electrons. The van der Waals surface area contributed by atoms with Crippen LogP contribution in [0.4, 0.5) is 0 Å². The van der Waals surface area contributed by atoms with Gasteiger partial charge in [-0.2, -0.15) is 5.26 Å². The standard InChI is InChI=1S/C17H13NO3/c1-12-5-6-14(11-18)10-16(12)21-15-4-2-3-13(9-15)7-8-17(19)20/h2-10H,1H3,(H,19,20)/b8-7+. The third-order valence-corrected chi connectivity index (χ3v) is 2.82. The number of carbonyl (C=O) groups is 1. The molecule has 4 nitrogen and oxygen atoms in total. The topological polar surface area (TPSA) is 70.3 Å². The monoisotopic (exact) mass is 279 g/mol. The number of carboxylic acid groups (broad SMARTS) is 1. The van der Waals surface area contributed by atoms with Gasteiger partial charge < -0.3 is 9.84 Å². The van der Waals surface area contributed by atoms with Crippen molar-refractivity contribution < 1.29 is 14.6 Å². The lowest BCUT2D eigenvalue weighted by atomic mass is 10.1. The Morgan fingerprint density at radius 3 is 2.81 bits per heavy atom. The average molecular weight is 279 g/mol. The van der Waals surface area contributed by atoms with Crippen molar-refractivity contribution in [2.24, 2.45) is 0 Å². The van der Waals surface area contributed by atoms with E-state index < -0.39 is 5.97 Å². The molecule has 2 aromatic carbocycles. The summed E-state index contributed by atoms with van der Waals surface area (Å²) in [5.74, 6) is 0.188. The second-order valence-electron chi connectivity index (χ2n) is 4.44. The molecule has 0 unspecified atom stereocenters. The maximum absolute atomic E-state index is 10.5. The third-order valence-electron chi connectivity index (χ3n) is 2.82. The predicted molar refractivity (Wildman–Crippen MR) is 79.1 cm³/mol. The molecule has 0 aliphatic heterocycles. The lowest BCUT2D eigenvalue weighted by molar-refractivity contribution is -0.131. The van der Waals surface area contributed by atoms with Crippen molar-refractivity contribution in [3.8, 4) is 17.6 Å². The van der Waals surface area contributed by atoms with Crippen LogP contribution in [0.15, 0.2) is 48.5 Å². The smallest absolute Gasteiger partial charge is 0.328 e. The molecule has 0 spiro atoms. The number of carboxylic acids is 1. The highest BCUT2D eigenvalue weighted by molar-refractivity contribution is 5.85. The minimum atomic E-state index is -1.00. The molecule has 21 heavy (non-hydrogen) atoms. The van der Waals surface area contributed by atoms with Crippen LogP contribution in [0, 0.1) is 18.3 Å². The van der Waals surface area contributed by atoms with E-state index in [1.54, 1.807) is 36.4 Å². The van der Waals surface area contributed by atoms with Crippen molar-refractivity contribution in [3.05, 3.63) is 65.2 Å². The largest absolute Gasteiger partial charge is 0.478 e. The molecular weight excluding hydrogens is 266 g/mol. The Morgan fingerprint density at radius 1 is 1.29 bits per heavy atom. The highest BCUT2D eigenvalue weighted by atomic mass is 16.5. The molecule has 0 fully saturated rings. The van der Waals surface area contributed by atoms with E-state index in [9.17, 15) is 4.79 Å². The molecule has 104 valence electrons. The molecule has 1 N–H and O–H groups in total. The first-order valence-corrected chi connectivity index (χ1v) is 6.28. The molecule has 0 saturated heterocycles. The van der Waals surface area contributed by atoms with E-state index in [4.69, 9.17) is 15.1 Å². The first-order valence-electron chi connectivity index (χ1n) is 6.28. The van der Waals surface area contributed by atoms with Gasteiger partial charge in [0.1, 0.15) is 11.5 Å². The fraction of sp³-hybridized carbons (Fsp3) is 0.0588. The van der Waals surface area contributed by atoms with Gasteiger partial charge in [-0.1, -0.05) is 18.2 Å². The maximum Gasteiger partial charge on any atom is 0.328 e. The maximum atomic E-state index is 10.5. The second kappa shape index (κ2) is 6.40. The summed E-state index contributed by atoms with van der Waals surface area (Å²) in [6, 6.07) is 14.4. The van der Waals surface area contributed by atoms with Crippen LogP contribution in [0.1, 0.15) is 16.7 Å². The SMILES string of the molecule is Cc1ccc(C#N)cc1Oc1cccc(/C=C/C(=O)O)c1. The Balaban J connectivity index is 2.26. The summed E-state index contributed by atoms with van der Waals surface area (Å²) in [6.45, 7) is 1.89. The number of hydrogen-bond donors (Lipinski definition) is 1. The molecule has 0 aliphatic carbocycles. The number of rotatable bonds is 4.